The Morgan fingerprint density at radius 2 is 1.59 bits per heavy atom. The van der Waals surface area contributed by atoms with E-state index in [2.05, 4.69) is 6.07 Å². The molecule has 1 rings (SSSR count). The fourth-order valence-electron chi connectivity index (χ4n) is 1.19. The molecular weight excluding hydrogens is 222 g/mol. The highest BCUT2D eigenvalue weighted by atomic mass is 16.6. The van der Waals surface area contributed by atoms with E-state index < -0.39 is 12.2 Å². The van der Waals surface area contributed by atoms with E-state index in [1.165, 1.54) is 0 Å². The number of amides is 2. The van der Waals surface area contributed by atoms with Crippen molar-refractivity contribution in [3.8, 4) is 0 Å². The normalized spacial score (nSPS) is 9.53. The van der Waals surface area contributed by atoms with Crippen LogP contribution in [0.25, 0.3) is 0 Å². The van der Waals surface area contributed by atoms with Crippen LogP contribution in [0, 0.1) is 6.07 Å². The maximum Gasteiger partial charge on any atom is 0.423 e. The summed E-state index contributed by atoms with van der Waals surface area (Å²) in [5.41, 5.74) is 0.389. The van der Waals surface area contributed by atoms with Gasteiger partial charge >= 0.3 is 12.2 Å². The van der Waals surface area contributed by atoms with Crippen LogP contribution in [0.5, 0.6) is 0 Å². The van der Waals surface area contributed by atoms with Crippen LogP contribution in [-0.2, 0) is 9.47 Å². The highest BCUT2D eigenvalue weighted by molar-refractivity contribution is 6.09. The highest BCUT2D eigenvalue weighted by Gasteiger charge is 2.25. The van der Waals surface area contributed by atoms with Crippen LogP contribution in [0.1, 0.15) is 13.8 Å². The van der Waals surface area contributed by atoms with Crippen molar-refractivity contribution in [1.82, 2.24) is 0 Å². The molecule has 1 aromatic carbocycles. The van der Waals surface area contributed by atoms with Crippen LogP contribution < -0.4 is 4.90 Å². The molecule has 0 bridgehead atoms. The van der Waals surface area contributed by atoms with Crippen molar-refractivity contribution in [2.24, 2.45) is 0 Å². The summed E-state index contributed by atoms with van der Waals surface area (Å²) in [5, 5.41) is 0. The van der Waals surface area contributed by atoms with Gasteiger partial charge in [0.05, 0.1) is 18.9 Å². The molecule has 0 fully saturated rings. The van der Waals surface area contributed by atoms with E-state index in [0.29, 0.717) is 5.69 Å². The third-order valence-corrected chi connectivity index (χ3v) is 1.86. The predicted octanol–water partition coefficient (Wildman–Crippen LogP) is 2.61. The number of nitrogens with zero attached hydrogens (tertiary/aromatic N) is 1. The van der Waals surface area contributed by atoms with Crippen molar-refractivity contribution in [1.29, 1.82) is 0 Å². The monoisotopic (exact) mass is 236 g/mol. The van der Waals surface area contributed by atoms with Gasteiger partial charge in [-0.25, -0.2) is 9.59 Å². The van der Waals surface area contributed by atoms with E-state index in [9.17, 15) is 9.59 Å². The molecule has 0 unspecified atom stereocenters. The van der Waals surface area contributed by atoms with Gasteiger partial charge in [0, 0.05) is 0 Å². The molecule has 0 aliphatic carbocycles. The summed E-state index contributed by atoms with van der Waals surface area (Å²) < 4.78 is 9.60. The maximum absolute atomic E-state index is 11.7. The van der Waals surface area contributed by atoms with E-state index in [-0.39, 0.29) is 13.2 Å². The zero-order valence-electron chi connectivity index (χ0n) is 9.80. The average molecular weight is 236 g/mol. The molecule has 2 amide bonds. The molecular formula is C12H14NO4. The first-order valence-electron chi connectivity index (χ1n) is 5.30. The van der Waals surface area contributed by atoms with Crippen LogP contribution in [0.3, 0.4) is 0 Å². The Morgan fingerprint density at radius 1 is 1.12 bits per heavy atom. The Labute approximate surface area is 99.9 Å². The molecule has 0 spiro atoms. The quantitative estimate of drug-likeness (QED) is 0.809. The number of ether oxygens (including phenoxy) is 2. The second-order valence-corrected chi connectivity index (χ2v) is 2.99. The van der Waals surface area contributed by atoms with Gasteiger partial charge in [-0.2, -0.15) is 4.90 Å². The van der Waals surface area contributed by atoms with Crippen molar-refractivity contribution in [3.05, 3.63) is 30.3 Å². The Bertz CT molecular complexity index is 359. The number of carbonyl (C=O) groups excluding carboxylic acids is 2. The zero-order chi connectivity index (χ0) is 12.7. The van der Waals surface area contributed by atoms with Gasteiger partial charge in [0.2, 0.25) is 0 Å². The minimum atomic E-state index is -0.753. The second-order valence-electron chi connectivity index (χ2n) is 2.99. The summed E-state index contributed by atoms with van der Waals surface area (Å²) in [7, 11) is 0. The molecule has 0 atom stereocenters. The Kier molecular flexibility index (Phi) is 5.00. The summed E-state index contributed by atoms with van der Waals surface area (Å²) in [6.07, 6.45) is -1.51. The lowest BCUT2D eigenvalue weighted by Crippen LogP contribution is -2.37. The number of benzene rings is 1. The van der Waals surface area contributed by atoms with Gasteiger partial charge in [-0.05, 0) is 32.0 Å². The Hall–Kier alpha value is -2.04. The lowest BCUT2D eigenvalue weighted by atomic mass is 10.3. The van der Waals surface area contributed by atoms with E-state index in [1.807, 2.05) is 0 Å². The van der Waals surface area contributed by atoms with Crippen molar-refractivity contribution in [2.45, 2.75) is 13.8 Å². The molecule has 0 aromatic heterocycles. The molecule has 0 aliphatic heterocycles. The number of hydrogen-bond acceptors (Lipinski definition) is 4. The summed E-state index contributed by atoms with van der Waals surface area (Å²) in [6, 6.07) is 9.15. The third-order valence-electron chi connectivity index (χ3n) is 1.86. The smallest absolute Gasteiger partial charge is 0.423 e. The largest absolute Gasteiger partial charge is 0.449 e. The van der Waals surface area contributed by atoms with Crippen LogP contribution in [0.4, 0.5) is 15.3 Å². The maximum atomic E-state index is 11.7. The number of anilines is 1. The molecule has 17 heavy (non-hydrogen) atoms. The lowest BCUT2D eigenvalue weighted by molar-refractivity contribution is 0.140. The average Bonchev–Trinajstić information content (AvgIpc) is 2.31. The Balaban J connectivity index is 2.94. The van der Waals surface area contributed by atoms with Gasteiger partial charge in [0.15, 0.2) is 0 Å². The van der Waals surface area contributed by atoms with Gasteiger partial charge in [-0.3, -0.25) is 0 Å². The summed E-state index contributed by atoms with van der Waals surface area (Å²) in [5.74, 6) is 0. The van der Waals surface area contributed by atoms with E-state index >= 15 is 0 Å². The van der Waals surface area contributed by atoms with Crippen molar-refractivity contribution in [3.63, 3.8) is 0 Å². The minimum absolute atomic E-state index is 0.188. The van der Waals surface area contributed by atoms with Gasteiger partial charge in [0.25, 0.3) is 0 Å². The number of imide groups is 1. The zero-order valence-corrected chi connectivity index (χ0v) is 9.80. The molecule has 0 saturated carbocycles. The molecule has 0 aliphatic rings. The lowest BCUT2D eigenvalue weighted by Gasteiger charge is -2.18. The van der Waals surface area contributed by atoms with Gasteiger partial charge in [-0.15, -0.1) is 0 Å². The van der Waals surface area contributed by atoms with Gasteiger partial charge in [0.1, 0.15) is 0 Å². The van der Waals surface area contributed by atoms with E-state index in [0.717, 1.165) is 4.90 Å². The van der Waals surface area contributed by atoms with Crippen LogP contribution in [-0.4, -0.2) is 25.4 Å². The van der Waals surface area contributed by atoms with Crippen LogP contribution in [0.15, 0.2) is 24.3 Å². The molecule has 1 radical (unpaired) electrons. The van der Waals surface area contributed by atoms with E-state index in [1.54, 1.807) is 38.1 Å². The highest BCUT2D eigenvalue weighted by Crippen LogP contribution is 2.15. The van der Waals surface area contributed by atoms with E-state index in [4.69, 9.17) is 9.47 Å². The predicted molar refractivity (Wildman–Crippen MR) is 61.8 cm³/mol. The summed E-state index contributed by atoms with van der Waals surface area (Å²) in [4.78, 5) is 24.2. The van der Waals surface area contributed by atoms with Crippen LogP contribution >= 0.6 is 0 Å². The molecule has 0 N–H and O–H groups in total. The fourth-order valence-corrected chi connectivity index (χ4v) is 1.19. The number of carbonyl (C=O) groups is 2. The number of rotatable bonds is 3. The first kappa shape index (κ1) is 13.0. The summed E-state index contributed by atoms with van der Waals surface area (Å²) in [6.45, 7) is 3.71. The van der Waals surface area contributed by atoms with Gasteiger partial charge < -0.3 is 9.47 Å². The SMILES string of the molecule is CCOC(=O)N(C(=O)OCC)c1cc[c]cc1. The Morgan fingerprint density at radius 3 is 2.00 bits per heavy atom. The third kappa shape index (κ3) is 3.48. The second kappa shape index (κ2) is 6.52. The molecule has 5 heteroatoms. The minimum Gasteiger partial charge on any atom is -0.449 e. The molecule has 5 nitrogen and oxygen atoms in total. The molecule has 0 heterocycles. The fraction of sp³-hybridized carbons (Fsp3) is 0.333. The molecule has 0 saturated heterocycles. The topological polar surface area (TPSA) is 55.8 Å². The first-order valence-corrected chi connectivity index (χ1v) is 5.30. The number of hydrogen-bond donors (Lipinski definition) is 0. The standard InChI is InChI=1S/C12H14NO4/c1-3-16-11(14)13(12(15)17-4-2)10-8-6-5-7-9-10/h6-9H,3-4H2,1-2H3. The van der Waals surface area contributed by atoms with Crippen LogP contribution in [0.2, 0.25) is 0 Å². The van der Waals surface area contributed by atoms with Gasteiger partial charge in [-0.1, -0.05) is 12.1 Å². The first-order chi connectivity index (χ1) is 8.20. The van der Waals surface area contributed by atoms with Crippen molar-refractivity contribution in [2.75, 3.05) is 18.1 Å². The molecule has 1 aromatic rings. The summed E-state index contributed by atoms with van der Waals surface area (Å²) >= 11 is 0. The van der Waals surface area contributed by atoms with Crippen molar-refractivity contribution >= 4 is 17.9 Å². The van der Waals surface area contributed by atoms with Crippen molar-refractivity contribution < 1.29 is 19.1 Å². The molecule has 91 valence electrons.